The molecule has 0 saturated carbocycles. The lowest BCUT2D eigenvalue weighted by atomic mass is 10.0. The Morgan fingerprint density at radius 3 is 2.45 bits per heavy atom. The molecule has 1 aliphatic rings. The zero-order valence-corrected chi connectivity index (χ0v) is 17.4. The van der Waals surface area contributed by atoms with Gasteiger partial charge in [-0.1, -0.05) is 48.5 Å². The molecule has 1 amide bonds. The third kappa shape index (κ3) is 4.77. The van der Waals surface area contributed by atoms with Crippen LogP contribution in [0, 0.1) is 0 Å². The van der Waals surface area contributed by atoms with Crippen molar-refractivity contribution < 1.29 is 23.2 Å². The minimum atomic E-state index is -4.01. The molecule has 0 unspecified atom stereocenters. The van der Waals surface area contributed by atoms with Crippen molar-refractivity contribution in [3.8, 4) is 11.5 Å². The van der Waals surface area contributed by atoms with E-state index in [4.69, 9.17) is 9.94 Å². The molecule has 7 nitrogen and oxygen atoms in total. The molecule has 3 N–H and O–H groups in total. The molecule has 0 aliphatic carbocycles. The Bertz CT molecular complexity index is 1200. The highest BCUT2D eigenvalue weighted by molar-refractivity contribution is 7.89. The number of para-hydroxylation sites is 1. The minimum absolute atomic E-state index is 0.0321. The molecule has 4 rings (SSSR count). The molecule has 1 aliphatic heterocycles. The molecule has 0 saturated heterocycles. The Kier molecular flexibility index (Phi) is 6.03. The fraction of sp³-hybridized carbons (Fsp3) is 0.174. The third-order valence-electron chi connectivity index (χ3n) is 5.20. The summed E-state index contributed by atoms with van der Waals surface area (Å²) >= 11 is 0. The van der Waals surface area contributed by atoms with Gasteiger partial charge in [0.25, 0.3) is 5.91 Å². The van der Waals surface area contributed by atoms with E-state index in [1.165, 1.54) is 6.07 Å². The number of sulfonamides is 1. The molecule has 0 spiro atoms. The predicted octanol–water partition coefficient (Wildman–Crippen LogP) is 3.17. The van der Waals surface area contributed by atoms with Gasteiger partial charge in [0, 0.05) is 12.0 Å². The van der Waals surface area contributed by atoms with Gasteiger partial charge in [-0.2, -0.15) is 4.72 Å². The summed E-state index contributed by atoms with van der Waals surface area (Å²) in [7, 11) is -4.01. The van der Waals surface area contributed by atoms with E-state index in [-0.39, 0.29) is 11.3 Å². The lowest BCUT2D eigenvalue weighted by Crippen LogP contribution is -2.46. The van der Waals surface area contributed by atoms with Gasteiger partial charge in [0.1, 0.15) is 17.5 Å². The number of carbonyl (C=O) groups excluding carboxylic acids is 1. The van der Waals surface area contributed by atoms with E-state index in [1.807, 2.05) is 54.6 Å². The number of hydroxylamine groups is 1. The van der Waals surface area contributed by atoms with Crippen molar-refractivity contribution in [2.75, 3.05) is 0 Å². The van der Waals surface area contributed by atoms with Crippen LogP contribution in [0.25, 0.3) is 0 Å². The number of ether oxygens (including phenoxy) is 1. The predicted molar refractivity (Wildman–Crippen MR) is 115 cm³/mol. The van der Waals surface area contributed by atoms with E-state index in [0.29, 0.717) is 18.6 Å². The number of benzene rings is 3. The second-order valence-electron chi connectivity index (χ2n) is 7.33. The molecule has 3 aromatic carbocycles. The Hall–Kier alpha value is -3.20. The first-order chi connectivity index (χ1) is 15.0. The van der Waals surface area contributed by atoms with Gasteiger partial charge in [-0.3, -0.25) is 10.0 Å². The van der Waals surface area contributed by atoms with Crippen molar-refractivity contribution in [2.45, 2.75) is 30.2 Å². The van der Waals surface area contributed by atoms with Gasteiger partial charge in [-0.25, -0.2) is 13.9 Å². The Morgan fingerprint density at radius 2 is 1.68 bits per heavy atom. The highest BCUT2D eigenvalue weighted by atomic mass is 32.2. The van der Waals surface area contributed by atoms with E-state index in [1.54, 1.807) is 17.6 Å². The normalized spacial score (nSPS) is 13.5. The van der Waals surface area contributed by atoms with Crippen LogP contribution < -0.4 is 14.9 Å². The van der Waals surface area contributed by atoms with Crippen molar-refractivity contribution in [3.63, 3.8) is 0 Å². The van der Waals surface area contributed by atoms with E-state index in [0.717, 1.165) is 22.4 Å². The second-order valence-corrected chi connectivity index (χ2v) is 9.04. The monoisotopic (exact) mass is 438 g/mol. The second kappa shape index (κ2) is 8.89. The molecule has 0 aromatic heterocycles. The van der Waals surface area contributed by atoms with Crippen LogP contribution in [0.15, 0.2) is 77.7 Å². The van der Waals surface area contributed by atoms with Gasteiger partial charge >= 0.3 is 0 Å². The first-order valence-corrected chi connectivity index (χ1v) is 11.3. The van der Waals surface area contributed by atoms with Crippen LogP contribution in [0.3, 0.4) is 0 Å². The first kappa shape index (κ1) is 21.0. The maximum absolute atomic E-state index is 13.0. The Balaban J connectivity index is 1.53. The van der Waals surface area contributed by atoms with Gasteiger partial charge in [-0.15, -0.1) is 0 Å². The van der Waals surface area contributed by atoms with Crippen molar-refractivity contribution in [1.82, 2.24) is 10.2 Å². The van der Waals surface area contributed by atoms with Gasteiger partial charge in [0.15, 0.2) is 0 Å². The number of nitrogens with one attached hydrogen (secondary N) is 2. The van der Waals surface area contributed by atoms with E-state index in [2.05, 4.69) is 4.72 Å². The van der Waals surface area contributed by atoms with Gasteiger partial charge in [-0.05, 0) is 48.2 Å². The highest BCUT2D eigenvalue weighted by Crippen LogP contribution is 2.37. The molecule has 0 radical (unpaired) electrons. The molecule has 8 heteroatoms. The zero-order chi connectivity index (χ0) is 21.8. The van der Waals surface area contributed by atoms with Crippen LogP contribution in [-0.2, 0) is 27.7 Å². The van der Waals surface area contributed by atoms with Gasteiger partial charge in [0.05, 0.1) is 4.90 Å². The summed E-state index contributed by atoms with van der Waals surface area (Å²) in [6.07, 6.45) is 1.21. The van der Waals surface area contributed by atoms with Crippen LogP contribution in [-0.4, -0.2) is 25.6 Å². The van der Waals surface area contributed by atoms with Crippen LogP contribution in [0.1, 0.15) is 23.1 Å². The van der Waals surface area contributed by atoms with E-state index in [9.17, 15) is 13.2 Å². The number of hydrogen-bond donors (Lipinski definition) is 3. The zero-order valence-electron chi connectivity index (χ0n) is 16.6. The van der Waals surface area contributed by atoms with Crippen LogP contribution in [0.4, 0.5) is 0 Å². The van der Waals surface area contributed by atoms with Crippen LogP contribution >= 0.6 is 0 Å². The van der Waals surface area contributed by atoms with Crippen molar-refractivity contribution in [1.29, 1.82) is 0 Å². The molecule has 1 heterocycles. The lowest BCUT2D eigenvalue weighted by molar-refractivity contribution is -0.131. The van der Waals surface area contributed by atoms with Crippen molar-refractivity contribution >= 4 is 15.9 Å². The highest BCUT2D eigenvalue weighted by Gasteiger charge is 2.27. The SMILES string of the molecule is O=C(NO)[C@H](CCc1ccccc1)NS(=O)(=O)c1ccc2c(c1)Cc1ccccc1O2. The average Bonchev–Trinajstić information content (AvgIpc) is 2.80. The van der Waals surface area contributed by atoms with Crippen LogP contribution in [0.2, 0.25) is 0 Å². The summed E-state index contributed by atoms with van der Waals surface area (Å²) in [5.41, 5.74) is 4.23. The standard InChI is InChI=1S/C23H22N2O5S/c26-23(24-27)20(12-10-16-6-2-1-3-7-16)25-31(28,29)19-11-13-22-18(15-19)14-17-8-4-5-9-21(17)30-22/h1-9,11,13,15,20,25,27H,10,12,14H2,(H,24,26)/t20-/m0/s1. The smallest absolute Gasteiger partial charge is 0.261 e. The van der Waals surface area contributed by atoms with Gasteiger partial charge in [0.2, 0.25) is 10.0 Å². The number of hydrogen-bond acceptors (Lipinski definition) is 5. The maximum Gasteiger partial charge on any atom is 0.261 e. The summed E-state index contributed by atoms with van der Waals surface area (Å²) in [5, 5.41) is 9.07. The summed E-state index contributed by atoms with van der Waals surface area (Å²) in [5.74, 6) is 0.547. The van der Waals surface area contributed by atoms with Crippen molar-refractivity contribution in [3.05, 3.63) is 89.5 Å². The molecule has 1 atom stereocenters. The number of aryl methyl sites for hydroxylation is 1. The van der Waals surface area contributed by atoms with Gasteiger partial charge < -0.3 is 4.74 Å². The molecule has 160 valence electrons. The quantitative estimate of drug-likeness (QED) is 0.304. The maximum atomic E-state index is 13.0. The van der Waals surface area contributed by atoms with E-state index >= 15 is 0 Å². The van der Waals surface area contributed by atoms with Crippen molar-refractivity contribution in [2.24, 2.45) is 0 Å². The molecule has 0 bridgehead atoms. The van der Waals surface area contributed by atoms with Crippen LogP contribution in [0.5, 0.6) is 11.5 Å². The lowest BCUT2D eigenvalue weighted by Gasteiger charge is -2.21. The largest absolute Gasteiger partial charge is 0.457 e. The molecular weight excluding hydrogens is 416 g/mol. The summed E-state index contributed by atoms with van der Waals surface area (Å²) < 4.78 is 34.3. The Morgan fingerprint density at radius 1 is 0.968 bits per heavy atom. The first-order valence-electron chi connectivity index (χ1n) is 9.85. The average molecular weight is 439 g/mol. The van der Waals surface area contributed by atoms with E-state index < -0.39 is 22.0 Å². The topological polar surface area (TPSA) is 105 Å². The Labute approximate surface area is 180 Å². The fourth-order valence-electron chi connectivity index (χ4n) is 3.57. The number of amides is 1. The molecule has 31 heavy (non-hydrogen) atoms. The number of rotatable bonds is 7. The number of fused-ring (bicyclic) bond motifs is 2. The molecule has 3 aromatic rings. The third-order valence-corrected chi connectivity index (χ3v) is 6.67. The molecule has 0 fully saturated rings. The minimum Gasteiger partial charge on any atom is -0.457 e. The summed E-state index contributed by atoms with van der Waals surface area (Å²) in [6.45, 7) is 0. The summed E-state index contributed by atoms with van der Waals surface area (Å²) in [4.78, 5) is 12.1. The molecular formula is C23H22N2O5S. The summed E-state index contributed by atoms with van der Waals surface area (Å²) in [6, 6.07) is 20.5. The number of carbonyl (C=O) groups is 1. The fourth-order valence-corrected chi connectivity index (χ4v) is 4.85.